The molecule has 0 bridgehead atoms. The van der Waals surface area contributed by atoms with E-state index in [1.54, 1.807) is 0 Å². The second-order valence-electron chi connectivity index (χ2n) is 11.9. The summed E-state index contributed by atoms with van der Waals surface area (Å²) in [5, 5.41) is 2.43. The summed E-state index contributed by atoms with van der Waals surface area (Å²) in [6.45, 7) is 8.97. The van der Waals surface area contributed by atoms with E-state index >= 15 is 0 Å². The van der Waals surface area contributed by atoms with Crippen LogP contribution in [0.3, 0.4) is 0 Å². The van der Waals surface area contributed by atoms with Crippen LogP contribution in [0.15, 0.2) is 77.3 Å². The number of fused-ring (bicyclic) bond motifs is 3. The van der Waals surface area contributed by atoms with Gasteiger partial charge in [-0.1, -0.05) is 0 Å². The minimum atomic E-state index is -2.11. The molecule has 5 aromatic rings. The number of hydrogen-bond acceptors (Lipinski definition) is 1. The number of rotatable bonds is 3. The summed E-state index contributed by atoms with van der Waals surface area (Å²) in [5.74, 6) is 7.40. The van der Waals surface area contributed by atoms with Crippen LogP contribution in [0.2, 0.25) is 17.3 Å². The second-order valence-corrected chi connectivity index (χ2v) is 22.6. The Balaban J connectivity index is 1.86. The van der Waals surface area contributed by atoms with E-state index in [9.17, 15) is 0 Å². The Morgan fingerprint density at radius 1 is 0.800 bits per heavy atom. The molecule has 2 aromatic heterocycles. The van der Waals surface area contributed by atoms with Gasteiger partial charge in [0.05, 0.1) is 0 Å². The summed E-state index contributed by atoms with van der Waals surface area (Å²) in [6.07, 6.45) is 2.10. The van der Waals surface area contributed by atoms with Crippen molar-refractivity contribution in [1.29, 1.82) is 0 Å². The van der Waals surface area contributed by atoms with E-state index in [1.807, 2.05) is 0 Å². The molecule has 3 aromatic carbocycles. The summed E-state index contributed by atoms with van der Waals surface area (Å²) in [5.41, 5.74) is 9.44. The molecule has 2 heterocycles. The molecule has 0 fully saturated rings. The van der Waals surface area contributed by atoms with Gasteiger partial charge < -0.3 is 0 Å². The Labute approximate surface area is 212 Å². The van der Waals surface area contributed by atoms with E-state index in [-0.39, 0.29) is 5.41 Å². The maximum absolute atomic E-state index is 6.83. The van der Waals surface area contributed by atoms with E-state index in [1.165, 1.54) is 48.7 Å². The molecule has 0 aliphatic carbocycles. The van der Waals surface area contributed by atoms with E-state index in [2.05, 4.69) is 130 Å². The van der Waals surface area contributed by atoms with Gasteiger partial charge in [-0.3, -0.25) is 0 Å². The molecule has 0 saturated carbocycles. The third-order valence-corrected chi connectivity index (χ3v) is 11.4. The molecular formula is C32H36GeNO+. The number of pyridine rings is 1. The Morgan fingerprint density at radius 2 is 1.51 bits per heavy atom. The van der Waals surface area contributed by atoms with Crippen molar-refractivity contribution in [3.05, 3.63) is 84.1 Å². The van der Waals surface area contributed by atoms with E-state index in [0.717, 1.165) is 11.2 Å². The van der Waals surface area contributed by atoms with Gasteiger partial charge in [-0.15, -0.1) is 0 Å². The molecule has 0 spiro atoms. The minimum absolute atomic E-state index is 0.132. The molecule has 0 amide bonds. The molecule has 2 nitrogen and oxygen atoms in total. The van der Waals surface area contributed by atoms with Gasteiger partial charge in [-0.25, -0.2) is 0 Å². The van der Waals surface area contributed by atoms with E-state index < -0.39 is 13.3 Å². The number of nitrogens with zero attached hydrogens (tertiary/aromatic N) is 1. The normalized spacial score (nSPS) is 12.6. The van der Waals surface area contributed by atoms with Crippen LogP contribution in [0.1, 0.15) is 31.9 Å². The molecule has 0 N–H and O–H groups in total. The summed E-state index contributed by atoms with van der Waals surface area (Å²) in [6, 6.07) is 24.7. The van der Waals surface area contributed by atoms with Gasteiger partial charge in [0.25, 0.3) is 0 Å². The third kappa shape index (κ3) is 4.23. The Bertz CT molecular complexity index is 1560. The van der Waals surface area contributed by atoms with Crippen LogP contribution in [-0.4, -0.2) is 13.3 Å². The molecule has 0 radical (unpaired) electrons. The average Bonchev–Trinajstić information content (AvgIpc) is 3.16. The number of aryl methyl sites for hydroxylation is 2. The molecule has 0 aliphatic rings. The van der Waals surface area contributed by atoms with Gasteiger partial charge in [0.15, 0.2) is 0 Å². The van der Waals surface area contributed by atoms with Gasteiger partial charge >= 0.3 is 212 Å². The van der Waals surface area contributed by atoms with Crippen LogP contribution in [0.5, 0.6) is 0 Å². The average molecular weight is 523 g/mol. The monoisotopic (exact) mass is 524 g/mol. The first-order chi connectivity index (χ1) is 16.4. The Hall–Kier alpha value is -2.85. The van der Waals surface area contributed by atoms with Crippen LogP contribution in [0, 0.1) is 6.92 Å². The fourth-order valence-electron chi connectivity index (χ4n) is 4.94. The second kappa shape index (κ2) is 8.38. The summed E-state index contributed by atoms with van der Waals surface area (Å²) in [4.78, 5) is 0. The molecular weight excluding hydrogens is 487 g/mol. The zero-order chi connectivity index (χ0) is 25.1. The SMILES string of the molecule is Cc1ccc2c(oc3c(-c4ccc(C(C)(C)C)cc4)c[c]([Ge]([CH3])([CH3])[CH3])cc32)c1-c1cccc[n+]1C. The van der Waals surface area contributed by atoms with Crippen LogP contribution in [-0.2, 0) is 12.5 Å². The van der Waals surface area contributed by atoms with E-state index in [4.69, 9.17) is 4.42 Å². The number of furan rings is 1. The van der Waals surface area contributed by atoms with Gasteiger partial charge in [-0.05, 0) is 0 Å². The van der Waals surface area contributed by atoms with Crippen molar-refractivity contribution >= 4 is 39.6 Å². The van der Waals surface area contributed by atoms with Crippen LogP contribution in [0.25, 0.3) is 44.3 Å². The molecule has 3 heteroatoms. The fraction of sp³-hybridized carbons (Fsp3) is 0.281. The quantitative estimate of drug-likeness (QED) is 0.174. The van der Waals surface area contributed by atoms with Crippen molar-refractivity contribution in [1.82, 2.24) is 0 Å². The van der Waals surface area contributed by atoms with Gasteiger partial charge in [-0.2, -0.15) is 0 Å². The number of benzene rings is 3. The Kier molecular flexibility index (Phi) is 5.71. The number of hydrogen-bond donors (Lipinski definition) is 0. The molecule has 0 saturated heterocycles. The zero-order valence-electron chi connectivity index (χ0n) is 22.3. The van der Waals surface area contributed by atoms with Crippen LogP contribution >= 0.6 is 0 Å². The first kappa shape index (κ1) is 23.9. The van der Waals surface area contributed by atoms with Crippen molar-refractivity contribution in [2.75, 3.05) is 0 Å². The predicted molar refractivity (Wildman–Crippen MR) is 152 cm³/mol. The van der Waals surface area contributed by atoms with Gasteiger partial charge in [0.2, 0.25) is 0 Å². The molecule has 0 aliphatic heterocycles. The molecule has 0 atom stereocenters. The third-order valence-electron chi connectivity index (χ3n) is 7.19. The van der Waals surface area contributed by atoms with Crippen LogP contribution < -0.4 is 8.96 Å². The summed E-state index contributed by atoms with van der Waals surface area (Å²) < 4.78 is 10.5. The maximum atomic E-state index is 6.83. The summed E-state index contributed by atoms with van der Waals surface area (Å²) >= 11 is -2.11. The topological polar surface area (TPSA) is 17.0 Å². The molecule has 0 unspecified atom stereocenters. The van der Waals surface area contributed by atoms with Crippen LogP contribution in [0.4, 0.5) is 0 Å². The first-order valence-corrected chi connectivity index (χ1v) is 19.9. The molecule has 178 valence electrons. The van der Waals surface area contributed by atoms with Crippen molar-refractivity contribution in [3.8, 4) is 22.4 Å². The van der Waals surface area contributed by atoms with Gasteiger partial charge in [0.1, 0.15) is 0 Å². The zero-order valence-corrected chi connectivity index (χ0v) is 24.4. The van der Waals surface area contributed by atoms with E-state index in [0.29, 0.717) is 0 Å². The predicted octanol–water partition coefficient (Wildman–Crippen LogP) is 7.90. The number of aromatic nitrogens is 1. The van der Waals surface area contributed by atoms with Gasteiger partial charge in [0, 0.05) is 0 Å². The first-order valence-electron chi connectivity index (χ1n) is 12.5. The van der Waals surface area contributed by atoms with Crippen molar-refractivity contribution in [2.24, 2.45) is 7.05 Å². The molecule has 35 heavy (non-hydrogen) atoms. The van der Waals surface area contributed by atoms with Crippen molar-refractivity contribution < 1.29 is 8.98 Å². The Morgan fingerprint density at radius 3 is 2.14 bits per heavy atom. The summed E-state index contributed by atoms with van der Waals surface area (Å²) in [7, 11) is 2.10. The van der Waals surface area contributed by atoms with Crippen molar-refractivity contribution in [3.63, 3.8) is 0 Å². The fourth-order valence-corrected chi connectivity index (χ4v) is 7.36. The van der Waals surface area contributed by atoms with Crippen molar-refractivity contribution in [2.45, 2.75) is 50.4 Å². The standard InChI is InChI=1S/C32H36GeNO/c1-21-12-17-25-27-20-24(33(5,6)7)19-26(22-13-15-23(16-14-22)32(2,3)4)30(27)35-31(25)29(21)28-11-9-10-18-34(28)8/h9-20H,1-8H3/q+1. The molecule has 5 rings (SSSR count).